The van der Waals surface area contributed by atoms with Gasteiger partial charge in [0.1, 0.15) is 0 Å². The maximum Gasteiger partial charge on any atom is 0.0672 e. The topological polar surface area (TPSA) is 60.0 Å². The van der Waals surface area contributed by atoms with Gasteiger partial charge in [-0.3, -0.25) is 4.90 Å². The molecular formula is C16H27N3O. The minimum Gasteiger partial charge on any atom is -0.383 e. The molecule has 0 heterocycles. The van der Waals surface area contributed by atoms with E-state index >= 15 is 0 Å². The third-order valence-electron chi connectivity index (χ3n) is 4.35. The van der Waals surface area contributed by atoms with Gasteiger partial charge in [0.05, 0.1) is 24.7 Å². The van der Waals surface area contributed by atoms with Crippen LogP contribution in [-0.2, 0) is 4.74 Å². The summed E-state index contributed by atoms with van der Waals surface area (Å²) in [6.45, 7) is 4.46. The minimum absolute atomic E-state index is 0.110. The molecule has 0 bridgehead atoms. The molecule has 4 nitrogen and oxygen atoms in total. The quantitative estimate of drug-likeness (QED) is 0.684. The number of hydrogen-bond acceptors (Lipinski definition) is 4. The highest BCUT2D eigenvalue weighted by atomic mass is 16.5. The fourth-order valence-corrected chi connectivity index (χ4v) is 3.30. The van der Waals surface area contributed by atoms with Gasteiger partial charge in [-0.2, -0.15) is 10.5 Å². The van der Waals surface area contributed by atoms with Crippen molar-refractivity contribution in [3.8, 4) is 12.1 Å². The molecule has 3 unspecified atom stereocenters. The molecule has 1 rings (SSSR count). The van der Waals surface area contributed by atoms with Crippen molar-refractivity contribution in [2.45, 2.75) is 51.5 Å². The number of hydrogen-bond donors (Lipinski definition) is 0. The molecule has 1 aliphatic rings. The van der Waals surface area contributed by atoms with Crippen molar-refractivity contribution in [3.05, 3.63) is 0 Å². The number of nitrogens with zero attached hydrogens (tertiary/aromatic N) is 3. The summed E-state index contributed by atoms with van der Waals surface area (Å²) in [4.78, 5) is 2.31. The standard InChI is InChI=1S/C16H27N3O/c1-3-5-14-6-7-15(13-18)16(12-14)19(9-4-8-17)10-11-20-2/h14-16H,3-7,9-12H2,1-2H3. The molecule has 1 aliphatic carbocycles. The summed E-state index contributed by atoms with van der Waals surface area (Å²) in [5, 5.41) is 18.2. The molecule has 0 N–H and O–H groups in total. The second-order valence-electron chi connectivity index (χ2n) is 5.71. The van der Waals surface area contributed by atoms with Crippen molar-refractivity contribution in [2.24, 2.45) is 11.8 Å². The number of ether oxygens (including phenoxy) is 1. The van der Waals surface area contributed by atoms with Gasteiger partial charge in [-0.15, -0.1) is 0 Å². The maximum atomic E-state index is 9.40. The zero-order valence-corrected chi connectivity index (χ0v) is 12.8. The zero-order valence-electron chi connectivity index (χ0n) is 12.8. The molecule has 0 aliphatic heterocycles. The molecule has 3 atom stereocenters. The molecule has 0 aromatic carbocycles. The van der Waals surface area contributed by atoms with Gasteiger partial charge in [-0.25, -0.2) is 0 Å². The van der Waals surface area contributed by atoms with Crippen molar-refractivity contribution in [3.63, 3.8) is 0 Å². The van der Waals surface area contributed by atoms with E-state index in [1.807, 2.05) is 0 Å². The van der Waals surface area contributed by atoms with Crippen LogP contribution in [0.1, 0.15) is 45.4 Å². The summed E-state index contributed by atoms with van der Waals surface area (Å²) >= 11 is 0. The Balaban J connectivity index is 2.70. The minimum atomic E-state index is 0.110. The van der Waals surface area contributed by atoms with E-state index in [9.17, 15) is 5.26 Å². The lowest BCUT2D eigenvalue weighted by Crippen LogP contribution is -2.46. The first-order valence-corrected chi connectivity index (χ1v) is 7.76. The number of rotatable bonds is 8. The summed E-state index contributed by atoms with van der Waals surface area (Å²) in [5.74, 6) is 0.848. The molecule has 1 saturated carbocycles. The monoisotopic (exact) mass is 277 g/mol. The molecule has 0 spiro atoms. The third kappa shape index (κ3) is 5.12. The number of methoxy groups -OCH3 is 1. The first-order chi connectivity index (χ1) is 9.76. The third-order valence-corrected chi connectivity index (χ3v) is 4.35. The molecule has 0 saturated heterocycles. The Morgan fingerprint density at radius 1 is 1.25 bits per heavy atom. The Morgan fingerprint density at radius 2 is 2.05 bits per heavy atom. The lowest BCUT2D eigenvalue weighted by Gasteiger charge is -2.40. The van der Waals surface area contributed by atoms with Crippen LogP contribution in [0.5, 0.6) is 0 Å². The summed E-state index contributed by atoms with van der Waals surface area (Å²) in [6, 6.07) is 5.00. The second-order valence-corrected chi connectivity index (χ2v) is 5.71. The molecule has 112 valence electrons. The van der Waals surface area contributed by atoms with Crippen LogP contribution >= 0.6 is 0 Å². The normalized spacial score (nSPS) is 26.1. The highest BCUT2D eigenvalue weighted by Gasteiger charge is 2.33. The Morgan fingerprint density at radius 3 is 2.65 bits per heavy atom. The lowest BCUT2D eigenvalue weighted by atomic mass is 9.76. The van der Waals surface area contributed by atoms with Gasteiger partial charge in [0.25, 0.3) is 0 Å². The van der Waals surface area contributed by atoms with Crippen molar-refractivity contribution in [1.29, 1.82) is 10.5 Å². The fourth-order valence-electron chi connectivity index (χ4n) is 3.30. The van der Waals surface area contributed by atoms with Crippen molar-refractivity contribution in [2.75, 3.05) is 26.8 Å². The van der Waals surface area contributed by atoms with Crippen LogP contribution < -0.4 is 0 Å². The zero-order chi connectivity index (χ0) is 14.8. The Hall–Kier alpha value is -1.10. The van der Waals surface area contributed by atoms with Crippen LogP contribution in [0.2, 0.25) is 0 Å². The van der Waals surface area contributed by atoms with Crippen LogP contribution in [0.3, 0.4) is 0 Å². The van der Waals surface area contributed by atoms with E-state index in [1.165, 1.54) is 19.3 Å². The molecule has 4 heteroatoms. The molecule has 20 heavy (non-hydrogen) atoms. The van der Waals surface area contributed by atoms with E-state index in [-0.39, 0.29) is 5.92 Å². The number of nitriles is 2. The molecule has 0 aromatic rings. The van der Waals surface area contributed by atoms with Gasteiger partial charge in [-0.1, -0.05) is 19.8 Å². The summed E-state index contributed by atoms with van der Waals surface area (Å²) in [5.41, 5.74) is 0. The van der Waals surface area contributed by atoms with E-state index in [0.29, 0.717) is 19.1 Å². The molecule has 0 aromatic heterocycles. The van der Waals surface area contributed by atoms with E-state index in [0.717, 1.165) is 31.8 Å². The fraction of sp³-hybridized carbons (Fsp3) is 0.875. The van der Waals surface area contributed by atoms with Gasteiger partial charge < -0.3 is 4.74 Å². The van der Waals surface area contributed by atoms with Crippen LogP contribution in [0.4, 0.5) is 0 Å². The lowest BCUT2D eigenvalue weighted by molar-refractivity contribution is 0.0699. The van der Waals surface area contributed by atoms with Gasteiger partial charge in [0.15, 0.2) is 0 Å². The average molecular weight is 277 g/mol. The molecular weight excluding hydrogens is 250 g/mol. The van der Waals surface area contributed by atoms with Crippen LogP contribution in [-0.4, -0.2) is 37.7 Å². The van der Waals surface area contributed by atoms with E-state index < -0.39 is 0 Å². The van der Waals surface area contributed by atoms with Crippen molar-refractivity contribution in [1.82, 2.24) is 4.90 Å². The SMILES string of the molecule is CCCC1CCC(C#N)C(N(CCC#N)CCOC)C1. The first-order valence-electron chi connectivity index (χ1n) is 7.76. The first kappa shape index (κ1) is 17.0. The highest BCUT2D eigenvalue weighted by molar-refractivity contribution is 4.98. The summed E-state index contributed by atoms with van der Waals surface area (Å²) in [7, 11) is 1.70. The van der Waals surface area contributed by atoms with Crippen molar-refractivity contribution < 1.29 is 4.74 Å². The Bertz CT molecular complexity index is 345. The van der Waals surface area contributed by atoms with Crippen molar-refractivity contribution >= 4 is 0 Å². The summed E-state index contributed by atoms with van der Waals surface area (Å²) in [6.07, 6.45) is 6.27. The predicted molar refractivity (Wildman–Crippen MR) is 78.8 cm³/mol. The summed E-state index contributed by atoms with van der Waals surface area (Å²) < 4.78 is 5.18. The average Bonchev–Trinajstić information content (AvgIpc) is 2.48. The smallest absolute Gasteiger partial charge is 0.0672 e. The maximum absolute atomic E-state index is 9.40. The van der Waals surface area contributed by atoms with Crippen LogP contribution in [0, 0.1) is 34.5 Å². The van der Waals surface area contributed by atoms with E-state index in [2.05, 4.69) is 24.0 Å². The molecule has 1 fully saturated rings. The van der Waals surface area contributed by atoms with Gasteiger partial charge >= 0.3 is 0 Å². The largest absolute Gasteiger partial charge is 0.383 e. The van der Waals surface area contributed by atoms with E-state index in [1.54, 1.807) is 7.11 Å². The molecule has 0 amide bonds. The van der Waals surface area contributed by atoms with Crippen LogP contribution in [0.15, 0.2) is 0 Å². The van der Waals surface area contributed by atoms with Gasteiger partial charge in [-0.05, 0) is 25.2 Å². The Kier molecular flexibility index (Phi) is 8.26. The van der Waals surface area contributed by atoms with Crippen LogP contribution in [0.25, 0.3) is 0 Å². The predicted octanol–water partition coefficient (Wildman–Crippen LogP) is 2.96. The highest BCUT2D eigenvalue weighted by Crippen LogP contribution is 2.34. The van der Waals surface area contributed by atoms with E-state index in [4.69, 9.17) is 10.00 Å². The second kappa shape index (κ2) is 9.75. The molecule has 0 radical (unpaired) electrons. The van der Waals surface area contributed by atoms with Gasteiger partial charge in [0.2, 0.25) is 0 Å². The Labute approximate surface area is 123 Å². The van der Waals surface area contributed by atoms with Gasteiger partial charge in [0, 0.05) is 32.7 Å².